The van der Waals surface area contributed by atoms with Gasteiger partial charge in [0, 0.05) is 31.0 Å². The van der Waals surface area contributed by atoms with Crippen molar-refractivity contribution in [2.24, 2.45) is 5.92 Å². The average molecular weight is 289 g/mol. The largest absolute Gasteiger partial charge is 0.348 e. The first kappa shape index (κ1) is 14.5. The topological polar surface area (TPSA) is 37.3 Å². The van der Waals surface area contributed by atoms with Gasteiger partial charge in [0.2, 0.25) is 0 Å². The molecule has 0 radical (unpaired) electrons. The maximum atomic E-state index is 12.7. The summed E-state index contributed by atoms with van der Waals surface area (Å²) in [6.45, 7) is 6.12. The van der Waals surface area contributed by atoms with Crippen molar-refractivity contribution in [2.75, 3.05) is 6.54 Å². The zero-order valence-corrected chi connectivity index (χ0v) is 13.2. The van der Waals surface area contributed by atoms with Gasteiger partial charge in [-0.1, -0.05) is 33.1 Å². The first-order chi connectivity index (χ1) is 10.2. The molecule has 1 fully saturated rings. The minimum absolute atomic E-state index is 0.132. The van der Waals surface area contributed by atoms with Crippen molar-refractivity contribution in [3.05, 3.63) is 24.0 Å². The third-order valence-corrected chi connectivity index (χ3v) is 4.91. The number of amides is 2. The highest BCUT2D eigenvalue weighted by molar-refractivity contribution is 5.75. The van der Waals surface area contributed by atoms with E-state index in [0.717, 1.165) is 25.9 Å². The molecule has 1 atom stereocenters. The summed E-state index contributed by atoms with van der Waals surface area (Å²) in [6, 6.07) is 4.95. The molecule has 116 valence electrons. The van der Waals surface area contributed by atoms with Crippen LogP contribution < -0.4 is 5.32 Å². The maximum Gasteiger partial charge on any atom is 0.318 e. The molecule has 2 amide bonds. The lowest BCUT2D eigenvalue weighted by molar-refractivity contribution is 0.128. The molecular formula is C17H27N3O. The molecule has 1 aliphatic carbocycles. The van der Waals surface area contributed by atoms with Gasteiger partial charge in [0.05, 0.1) is 6.04 Å². The summed E-state index contributed by atoms with van der Waals surface area (Å²) in [5.74, 6) is 0.427. The minimum atomic E-state index is 0.132. The van der Waals surface area contributed by atoms with Crippen LogP contribution in [0.25, 0.3) is 0 Å². The standard InChI is InChI=1S/C17H27N3O/c1-13(2)16-15-9-6-10-19(15)11-12-20(16)17(21)18-14-7-4-3-5-8-14/h6,9-10,13-14,16H,3-5,7-8,11-12H2,1-2H3,(H,18,21)/t16-/m0/s1. The summed E-state index contributed by atoms with van der Waals surface area (Å²) >= 11 is 0. The third-order valence-electron chi connectivity index (χ3n) is 4.91. The summed E-state index contributed by atoms with van der Waals surface area (Å²) in [7, 11) is 0. The molecule has 1 aromatic rings. The fourth-order valence-electron chi connectivity index (χ4n) is 3.85. The van der Waals surface area contributed by atoms with Gasteiger partial charge in [0.25, 0.3) is 0 Å². The van der Waals surface area contributed by atoms with Crippen molar-refractivity contribution < 1.29 is 4.79 Å². The van der Waals surface area contributed by atoms with E-state index >= 15 is 0 Å². The second-order valence-corrected chi connectivity index (χ2v) is 6.79. The number of nitrogens with zero attached hydrogens (tertiary/aromatic N) is 2. The Morgan fingerprint density at radius 1 is 1.24 bits per heavy atom. The fourth-order valence-corrected chi connectivity index (χ4v) is 3.85. The molecule has 0 bridgehead atoms. The second kappa shape index (κ2) is 6.12. The Morgan fingerprint density at radius 2 is 2.00 bits per heavy atom. The van der Waals surface area contributed by atoms with Gasteiger partial charge in [-0.05, 0) is 30.9 Å². The number of hydrogen-bond acceptors (Lipinski definition) is 1. The zero-order valence-electron chi connectivity index (χ0n) is 13.2. The Morgan fingerprint density at radius 3 is 2.71 bits per heavy atom. The molecule has 4 heteroatoms. The molecule has 1 aromatic heterocycles. The van der Waals surface area contributed by atoms with Crippen LogP contribution in [0.2, 0.25) is 0 Å². The van der Waals surface area contributed by atoms with Crippen LogP contribution in [0.3, 0.4) is 0 Å². The molecule has 1 N–H and O–H groups in total. The Balaban J connectivity index is 1.72. The summed E-state index contributed by atoms with van der Waals surface area (Å²) in [5.41, 5.74) is 1.27. The number of urea groups is 1. The van der Waals surface area contributed by atoms with E-state index in [1.165, 1.54) is 25.0 Å². The molecule has 0 saturated heterocycles. The average Bonchev–Trinajstić information content (AvgIpc) is 2.95. The molecule has 4 nitrogen and oxygen atoms in total. The van der Waals surface area contributed by atoms with Crippen LogP contribution in [0, 0.1) is 5.92 Å². The molecule has 1 aliphatic heterocycles. The molecule has 0 aromatic carbocycles. The summed E-state index contributed by atoms with van der Waals surface area (Å²) in [5, 5.41) is 3.27. The fraction of sp³-hybridized carbons (Fsp3) is 0.706. The van der Waals surface area contributed by atoms with Crippen LogP contribution in [-0.2, 0) is 6.54 Å². The van der Waals surface area contributed by atoms with E-state index in [4.69, 9.17) is 0 Å². The van der Waals surface area contributed by atoms with Gasteiger partial charge in [-0.25, -0.2) is 4.79 Å². The number of nitrogens with one attached hydrogen (secondary N) is 1. The van der Waals surface area contributed by atoms with Gasteiger partial charge >= 0.3 is 6.03 Å². The molecule has 3 rings (SSSR count). The van der Waals surface area contributed by atoms with Crippen molar-refractivity contribution in [3.8, 4) is 0 Å². The summed E-state index contributed by atoms with van der Waals surface area (Å²) < 4.78 is 2.29. The van der Waals surface area contributed by atoms with Crippen LogP contribution in [0.5, 0.6) is 0 Å². The molecule has 1 saturated carbocycles. The highest BCUT2D eigenvalue weighted by Gasteiger charge is 2.33. The quantitative estimate of drug-likeness (QED) is 0.888. The third kappa shape index (κ3) is 2.94. The van der Waals surface area contributed by atoms with Crippen LogP contribution in [0.4, 0.5) is 4.79 Å². The van der Waals surface area contributed by atoms with E-state index in [9.17, 15) is 4.79 Å². The van der Waals surface area contributed by atoms with E-state index in [2.05, 4.69) is 47.0 Å². The number of rotatable bonds is 2. The predicted octanol–water partition coefficient (Wildman–Crippen LogP) is 3.54. The van der Waals surface area contributed by atoms with Crippen molar-refractivity contribution in [3.63, 3.8) is 0 Å². The highest BCUT2D eigenvalue weighted by Crippen LogP contribution is 2.32. The monoisotopic (exact) mass is 289 g/mol. The first-order valence-corrected chi connectivity index (χ1v) is 8.39. The Labute approximate surface area is 127 Å². The lowest BCUT2D eigenvalue weighted by Gasteiger charge is -2.40. The highest BCUT2D eigenvalue weighted by atomic mass is 16.2. The van der Waals surface area contributed by atoms with Crippen molar-refractivity contribution >= 4 is 6.03 Å². The van der Waals surface area contributed by atoms with Crippen molar-refractivity contribution in [1.29, 1.82) is 0 Å². The lowest BCUT2D eigenvalue weighted by atomic mass is 9.95. The first-order valence-electron chi connectivity index (χ1n) is 8.39. The molecule has 21 heavy (non-hydrogen) atoms. The van der Waals surface area contributed by atoms with Gasteiger partial charge in [-0.3, -0.25) is 0 Å². The van der Waals surface area contributed by atoms with E-state index in [-0.39, 0.29) is 12.1 Å². The van der Waals surface area contributed by atoms with E-state index in [1.807, 2.05) is 0 Å². The molecule has 2 heterocycles. The second-order valence-electron chi connectivity index (χ2n) is 6.79. The molecule has 2 aliphatic rings. The van der Waals surface area contributed by atoms with Gasteiger partial charge in [0.1, 0.15) is 0 Å². The smallest absolute Gasteiger partial charge is 0.318 e. The van der Waals surface area contributed by atoms with E-state index in [0.29, 0.717) is 12.0 Å². The van der Waals surface area contributed by atoms with Crippen molar-refractivity contribution in [1.82, 2.24) is 14.8 Å². The Kier molecular flexibility index (Phi) is 4.22. The van der Waals surface area contributed by atoms with Crippen LogP contribution in [0.15, 0.2) is 18.3 Å². The normalized spacial score (nSPS) is 23.2. The zero-order chi connectivity index (χ0) is 14.8. The van der Waals surface area contributed by atoms with Gasteiger partial charge < -0.3 is 14.8 Å². The predicted molar refractivity (Wildman–Crippen MR) is 84.1 cm³/mol. The van der Waals surface area contributed by atoms with Gasteiger partial charge in [-0.15, -0.1) is 0 Å². The molecule has 0 spiro atoms. The number of fused-ring (bicyclic) bond motifs is 1. The Bertz CT molecular complexity index is 488. The SMILES string of the molecule is CC(C)[C@H]1c2cccn2CCN1C(=O)NC1CCCCC1. The van der Waals surface area contributed by atoms with Crippen LogP contribution in [0.1, 0.15) is 57.7 Å². The molecule has 0 unspecified atom stereocenters. The number of hydrogen-bond donors (Lipinski definition) is 1. The van der Waals surface area contributed by atoms with Gasteiger partial charge in [-0.2, -0.15) is 0 Å². The summed E-state index contributed by atoms with van der Waals surface area (Å²) in [6.07, 6.45) is 8.23. The maximum absolute atomic E-state index is 12.7. The van der Waals surface area contributed by atoms with E-state index < -0.39 is 0 Å². The van der Waals surface area contributed by atoms with Crippen LogP contribution in [-0.4, -0.2) is 28.1 Å². The summed E-state index contributed by atoms with van der Waals surface area (Å²) in [4.78, 5) is 14.8. The Hall–Kier alpha value is -1.45. The number of carbonyl (C=O) groups excluding carboxylic acids is 1. The number of carbonyl (C=O) groups is 1. The van der Waals surface area contributed by atoms with Crippen LogP contribution >= 0.6 is 0 Å². The van der Waals surface area contributed by atoms with E-state index in [1.54, 1.807) is 0 Å². The molecular weight excluding hydrogens is 262 g/mol. The minimum Gasteiger partial charge on any atom is -0.348 e. The van der Waals surface area contributed by atoms with Gasteiger partial charge in [0.15, 0.2) is 0 Å². The lowest BCUT2D eigenvalue weighted by Crippen LogP contribution is -2.51. The number of aromatic nitrogens is 1. The van der Waals surface area contributed by atoms with Crippen molar-refractivity contribution in [2.45, 2.75) is 64.6 Å².